The maximum Gasteiger partial charge on any atom is 0.128 e. The van der Waals surface area contributed by atoms with Gasteiger partial charge in [0, 0.05) is 19.1 Å². The fourth-order valence-electron chi connectivity index (χ4n) is 9.59. The highest BCUT2D eigenvalue weighted by atomic mass is 16.5. The molecule has 0 N–H and O–H groups in total. The smallest absolute Gasteiger partial charge is 0.128 e. The van der Waals surface area contributed by atoms with E-state index in [0.717, 1.165) is 55.1 Å². The first kappa shape index (κ1) is 20.6. The van der Waals surface area contributed by atoms with Crippen molar-refractivity contribution >= 4 is 13.6 Å². The molecule has 8 atom stereocenters. The van der Waals surface area contributed by atoms with Gasteiger partial charge in [-0.3, -0.25) is 0 Å². The number of fused-ring (bicyclic) bond motifs is 5. The van der Waals surface area contributed by atoms with Gasteiger partial charge in [-0.25, -0.2) is 0 Å². The molecule has 0 saturated heterocycles. The molecular weight excluding hydrogens is 355 g/mol. The lowest BCUT2D eigenvalue weighted by molar-refractivity contribution is -0.147. The molecular formula is C26H41BO2. The number of rotatable bonds is 6. The first-order valence-electron chi connectivity index (χ1n) is 12.8. The molecule has 0 aromatic carbocycles. The number of hydrogen-bond donors (Lipinski definition) is 0. The Labute approximate surface area is 179 Å². The number of ketones is 1. The van der Waals surface area contributed by atoms with Crippen LogP contribution in [0.5, 0.6) is 0 Å². The molecule has 0 aliphatic heterocycles. The van der Waals surface area contributed by atoms with Crippen LogP contribution in [0.25, 0.3) is 0 Å². The SMILES string of the molecule is [B]CC(=O)C1CCC2C3CCC4CC(COCC)CCC4(C4CC4)C3CCC12C. The summed E-state index contributed by atoms with van der Waals surface area (Å²) in [6.07, 6.45) is 15.4. The van der Waals surface area contributed by atoms with Gasteiger partial charge in [-0.2, -0.15) is 0 Å². The minimum Gasteiger partial charge on any atom is -0.381 e. The maximum atomic E-state index is 12.6. The van der Waals surface area contributed by atoms with Crippen molar-refractivity contribution in [3.05, 3.63) is 0 Å². The normalized spacial score (nSPS) is 49.2. The molecule has 5 saturated carbocycles. The molecule has 160 valence electrons. The van der Waals surface area contributed by atoms with Crippen molar-refractivity contribution in [2.24, 2.45) is 52.3 Å². The highest BCUT2D eigenvalue weighted by Gasteiger charge is 2.65. The summed E-state index contributed by atoms with van der Waals surface area (Å²) in [5.74, 6) is 5.94. The fraction of sp³-hybridized carbons (Fsp3) is 0.962. The van der Waals surface area contributed by atoms with Crippen molar-refractivity contribution in [2.75, 3.05) is 13.2 Å². The van der Waals surface area contributed by atoms with E-state index in [1.807, 2.05) is 0 Å². The molecule has 5 aliphatic rings. The van der Waals surface area contributed by atoms with Crippen LogP contribution < -0.4 is 0 Å². The molecule has 0 aromatic rings. The largest absolute Gasteiger partial charge is 0.381 e. The Morgan fingerprint density at radius 1 is 0.966 bits per heavy atom. The third-order valence-electron chi connectivity index (χ3n) is 10.8. The molecule has 5 rings (SSSR count). The van der Waals surface area contributed by atoms with Crippen LogP contribution in [0.3, 0.4) is 0 Å². The van der Waals surface area contributed by atoms with Crippen LogP contribution in [0.15, 0.2) is 0 Å². The van der Waals surface area contributed by atoms with Gasteiger partial charge in [0.15, 0.2) is 0 Å². The molecule has 0 bridgehead atoms. The lowest BCUT2D eigenvalue weighted by Crippen LogP contribution is -2.56. The van der Waals surface area contributed by atoms with Gasteiger partial charge in [-0.1, -0.05) is 6.92 Å². The van der Waals surface area contributed by atoms with Crippen LogP contribution in [0.2, 0.25) is 6.32 Å². The van der Waals surface area contributed by atoms with Crippen LogP contribution in [0.4, 0.5) is 0 Å². The zero-order valence-corrected chi connectivity index (χ0v) is 18.8. The van der Waals surface area contributed by atoms with E-state index in [2.05, 4.69) is 13.8 Å². The number of ether oxygens (including phenoxy) is 1. The highest BCUT2D eigenvalue weighted by Crippen LogP contribution is 2.72. The maximum absolute atomic E-state index is 12.6. The van der Waals surface area contributed by atoms with Crippen LogP contribution >= 0.6 is 0 Å². The summed E-state index contributed by atoms with van der Waals surface area (Å²) in [5, 5.41) is 0. The number of Topliss-reactive ketones (excluding diaryl/α,β-unsaturated/α-hetero) is 1. The molecule has 2 nitrogen and oxygen atoms in total. The van der Waals surface area contributed by atoms with Gasteiger partial charge >= 0.3 is 0 Å². The monoisotopic (exact) mass is 396 g/mol. The van der Waals surface area contributed by atoms with Gasteiger partial charge in [-0.15, -0.1) is 0 Å². The second-order valence-corrected chi connectivity index (χ2v) is 11.7. The van der Waals surface area contributed by atoms with Gasteiger partial charge in [0.2, 0.25) is 0 Å². The summed E-state index contributed by atoms with van der Waals surface area (Å²) < 4.78 is 5.84. The van der Waals surface area contributed by atoms with Crippen LogP contribution in [0.1, 0.15) is 84.5 Å². The van der Waals surface area contributed by atoms with Crippen LogP contribution in [-0.2, 0) is 9.53 Å². The zero-order valence-electron chi connectivity index (χ0n) is 18.8. The summed E-state index contributed by atoms with van der Waals surface area (Å²) in [6.45, 7) is 6.45. The molecule has 0 amide bonds. The lowest BCUT2D eigenvalue weighted by Gasteiger charge is -2.62. The first-order valence-corrected chi connectivity index (χ1v) is 12.8. The zero-order chi connectivity index (χ0) is 20.2. The van der Waals surface area contributed by atoms with Crippen molar-refractivity contribution in [3.63, 3.8) is 0 Å². The van der Waals surface area contributed by atoms with Crippen molar-refractivity contribution in [3.8, 4) is 0 Å². The molecule has 2 radical (unpaired) electrons. The molecule has 8 unspecified atom stereocenters. The van der Waals surface area contributed by atoms with E-state index in [-0.39, 0.29) is 17.7 Å². The van der Waals surface area contributed by atoms with Crippen molar-refractivity contribution in [1.82, 2.24) is 0 Å². The Bertz CT molecular complexity index is 630. The van der Waals surface area contributed by atoms with Gasteiger partial charge < -0.3 is 9.53 Å². The molecule has 5 aliphatic carbocycles. The third kappa shape index (κ3) is 3.11. The van der Waals surface area contributed by atoms with E-state index in [9.17, 15) is 4.79 Å². The van der Waals surface area contributed by atoms with E-state index < -0.39 is 0 Å². The summed E-state index contributed by atoms with van der Waals surface area (Å²) in [4.78, 5) is 12.6. The number of carbonyl (C=O) groups excluding carboxylic acids is 1. The average Bonchev–Trinajstić information content (AvgIpc) is 3.53. The van der Waals surface area contributed by atoms with Gasteiger partial charge in [-0.05, 0) is 130 Å². The minimum absolute atomic E-state index is 0.237. The Morgan fingerprint density at radius 3 is 2.48 bits per heavy atom. The van der Waals surface area contributed by atoms with E-state index in [0.29, 0.717) is 11.2 Å². The molecule has 0 heterocycles. The molecule has 0 spiro atoms. The van der Waals surface area contributed by atoms with Crippen molar-refractivity contribution < 1.29 is 9.53 Å². The number of hydrogen-bond acceptors (Lipinski definition) is 2. The van der Waals surface area contributed by atoms with E-state index in [1.165, 1.54) is 64.2 Å². The quantitative estimate of drug-likeness (QED) is 0.527. The number of carbonyl (C=O) groups is 1. The van der Waals surface area contributed by atoms with E-state index in [1.54, 1.807) is 0 Å². The fourth-order valence-corrected chi connectivity index (χ4v) is 9.59. The second kappa shape index (κ2) is 7.68. The minimum atomic E-state index is 0.237. The predicted octanol–water partition coefficient (Wildman–Crippen LogP) is 5.84. The standard InChI is InChI=1S/C26H41BO2/c1-3-29-16-17-10-13-26(18-4-5-18)19(14-17)6-7-20-21-8-9-23(24(28)15-27)25(21,2)12-11-22(20)26/h17-23H,3-16H2,1-2H3. The third-order valence-corrected chi connectivity index (χ3v) is 10.8. The van der Waals surface area contributed by atoms with E-state index >= 15 is 0 Å². The van der Waals surface area contributed by atoms with Crippen LogP contribution in [0, 0.1) is 52.3 Å². The Balaban J connectivity index is 1.39. The topological polar surface area (TPSA) is 26.3 Å². The summed E-state index contributed by atoms with van der Waals surface area (Å²) >= 11 is 0. The average molecular weight is 396 g/mol. The predicted molar refractivity (Wildman–Crippen MR) is 118 cm³/mol. The summed E-state index contributed by atoms with van der Waals surface area (Å²) in [7, 11) is 5.81. The molecule has 3 heteroatoms. The van der Waals surface area contributed by atoms with E-state index in [4.69, 9.17) is 12.6 Å². The van der Waals surface area contributed by atoms with Gasteiger partial charge in [0.1, 0.15) is 5.78 Å². The summed E-state index contributed by atoms with van der Waals surface area (Å²) in [6, 6.07) is 0. The second-order valence-electron chi connectivity index (χ2n) is 11.7. The molecule has 0 aromatic heterocycles. The molecule has 29 heavy (non-hydrogen) atoms. The van der Waals surface area contributed by atoms with Gasteiger partial charge in [0.05, 0.1) is 7.85 Å². The van der Waals surface area contributed by atoms with Gasteiger partial charge in [0.25, 0.3) is 0 Å². The first-order chi connectivity index (χ1) is 14.0. The summed E-state index contributed by atoms with van der Waals surface area (Å²) in [5.41, 5.74) is 0.879. The Kier molecular flexibility index (Phi) is 5.45. The van der Waals surface area contributed by atoms with Crippen molar-refractivity contribution in [1.29, 1.82) is 0 Å². The highest BCUT2D eigenvalue weighted by molar-refractivity contribution is 6.20. The lowest BCUT2D eigenvalue weighted by atomic mass is 9.42. The van der Waals surface area contributed by atoms with Crippen molar-refractivity contribution in [2.45, 2.75) is 90.8 Å². The Hall–Kier alpha value is -0.305. The molecule has 5 fully saturated rings. The Morgan fingerprint density at radius 2 is 1.76 bits per heavy atom. The van der Waals surface area contributed by atoms with Crippen LogP contribution in [-0.4, -0.2) is 26.8 Å².